The fourth-order valence-corrected chi connectivity index (χ4v) is 3.77. The lowest BCUT2D eigenvalue weighted by molar-refractivity contribution is 0.158. The molecule has 0 unspecified atom stereocenters. The molecule has 1 aliphatic rings. The van der Waals surface area contributed by atoms with E-state index in [2.05, 4.69) is 43.6 Å². The van der Waals surface area contributed by atoms with Gasteiger partial charge in [0.05, 0.1) is 5.39 Å². The summed E-state index contributed by atoms with van der Waals surface area (Å²) in [6.45, 7) is 6.47. The van der Waals surface area contributed by atoms with E-state index in [1.807, 2.05) is 18.2 Å². The van der Waals surface area contributed by atoms with Crippen LogP contribution in [0.2, 0.25) is 0 Å². The molecule has 1 fully saturated rings. The lowest BCUT2D eigenvalue weighted by Crippen LogP contribution is -2.45. The van der Waals surface area contributed by atoms with Crippen molar-refractivity contribution in [2.45, 2.75) is 0 Å². The van der Waals surface area contributed by atoms with Crippen LogP contribution in [0.5, 0.6) is 0 Å². The molecule has 0 radical (unpaired) electrons. The summed E-state index contributed by atoms with van der Waals surface area (Å²) in [7, 11) is 2.18. The summed E-state index contributed by atoms with van der Waals surface area (Å²) < 4.78 is 0. The molecule has 4 heterocycles. The van der Waals surface area contributed by atoms with E-state index in [1.54, 1.807) is 17.5 Å². The monoisotopic (exact) mass is 354 g/mol. The van der Waals surface area contributed by atoms with E-state index in [0.717, 1.165) is 61.0 Å². The molecule has 0 spiro atoms. The molecule has 1 saturated heterocycles. The minimum Gasteiger partial charge on any atom is -0.368 e. The summed E-state index contributed by atoms with van der Waals surface area (Å²) in [5.74, 6) is 1.58. The zero-order valence-corrected chi connectivity index (χ0v) is 15.2. The van der Waals surface area contributed by atoms with Crippen LogP contribution < -0.4 is 5.32 Å². The van der Waals surface area contributed by atoms with E-state index in [4.69, 9.17) is 4.98 Å². The van der Waals surface area contributed by atoms with Gasteiger partial charge in [0.15, 0.2) is 5.82 Å². The summed E-state index contributed by atoms with van der Waals surface area (Å²) in [4.78, 5) is 19.6. The Kier molecular flexibility index (Phi) is 4.87. The van der Waals surface area contributed by atoms with Gasteiger partial charge in [-0.2, -0.15) is 0 Å². The highest BCUT2D eigenvalue weighted by atomic mass is 32.1. The number of pyridine rings is 1. The second-order valence-electron chi connectivity index (χ2n) is 6.32. The number of aromatic nitrogens is 3. The molecule has 1 N–H and O–H groups in total. The van der Waals surface area contributed by atoms with Crippen molar-refractivity contribution in [1.29, 1.82) is 0 Å². The number of thiophene rings is 1. The van der Waals surface area contributed by atoms with Crippen molar-refractivity contribution in [2.75, 3.05) is 51.6 Å². The third kappa shape index (κ3) is 3.78. The first kappa shape index (κ1) is 16.4. The van der Waals surface area contributed by atoms with Crippen molar-refractivity contribution in [1.82, 2.24) is 24.8 Å². The highest BCUT2D eigenvalue weighted by Gasteiger charge is 2.14. The lowest BCUT2D eigenvalue weighted by atomic mass is 10.3. The molecular weight excluding hydrogens is 332 g/mol. The smallest absolute Gasteiger partial charge is 0.181 e. The SMILES string of the molecule is CN1CCN(CCNc2nc(-c3ccccn3)nc3sccc23)CC1. The number of fused-ring (bicyclic) bond motifs is 1. The van der Waals surface area contributed by atoms with E-state index in [1.165, 1.54) is 0 Å². The zero-order valence-electron chi connectivity index (χ0n) is 14.4. The quantitative estimate of drug-likeness (QED) is 0.759. The van der Waals surface area contributed by atoms with E-state index in [0.29, 0.717) is 5.82 Å². The number of nitrogens with one attached hydrogen (secondary N) is 1. The minimum absolute atomic E-state index is 0.678. The van der Waals surface area contributed by atoms with Gasteiger partial charge in [-0.15, -0.1) is 11.3 Å². The van der Waals surface area contributed by atoms with Gasteiger partial charge < -0.3 is 10.2 Å². The fraction of sp³-hybridized carbons (Fsp3) is 0.389. The summed E-state index contributed by atoms with van der Waals surface area (Å²) >= 11 is 1.64. The molecule has 0 aliphatic carbocycles. The molecule has 3 aromatic heterocycles. The first-order valence-corrected chi connectivity index (χ1v) is 9.49. The molecule has 0 bridgehead atoms. The normalized spacial score (nSPS) is 16.4. The highest BCUT2D eigenvalue weighted by molar-refractivity contribution is 7.16. The van der Waals surface area contributed by atoms with Gasteiger partial charge in [0.1, 0.15) is 16.3 Å². The maximum absolute atomic E-state index is 4.73. The number of hydrogen-bond donors (Lipinski definition) is 1. The Morgan fingerprint density at radius 1 is 1.12 bits per heavy atom. The first-order chi connectivity index (χ1) is 12.3. The third-order valence-electron chi connectivity index (χ3n) is 4.54. The van der Waals surface area contributed by atoms with Crippen molar-refractivity contribution < 1.29 is 0 Å². The number of anilines is 1. The molecule has 130 valence electrons. The molecule has 0 aromatic carbocycles. The number of hydrogen-bond acceptors (Lipinski definition) is 7. The fourth-order valence-electron chi connectivity index (χ4n) is 3.00. The molecule has 0 atom stereocenters. The van der Waals surface area contributed by atoms with Gasteiger partial charge in [0.2, 0.25) is 0 Å². The van der Waals surface area contributed by atoms with Gasteiger partial charge in [-0.05, 0) is 30.6 Å². The Balaban J connectivity index is 1.49. The van der Waals surface area contributed by atoms with Crippen LogP contribution in [0.1, 0.15) is 0 Å². The topological polar surface area (TPSA) is 57.2 Å². The lowest BCUT2D eigenvalue weighted by Gasteiger charge is -2.32. The van der Waals surface area contributed by atoms with E-state index >= 15 is 0 Å². The van der Waals surface area contributed by atoms with Gasteiger partial charge in [0, 0.05) is 45.5 Å². The van der Waals surface area contributed by atoms with Crippen LogP contribution in [-0.2, 0) is 0 Å². The van der Waals surface area contributed by atoms with Crippen molar-refractivity contribution in [3.05, 3.63) is 35.8 Å². The van der Waals surface area contributed by atoms with Gasteiger partial charge >= 0.3 is 0 Å². The maximum atomic E-state index is 4.73. The second kappa shape index (κ2) is 7.43. The van der Waals surface area contributed by atoms with Gasteiger partial charge in [-0.1, -0.05) is 6.07 Å². The van der Waals surface area contributed by atoms with E-state index in [9.17, 15) is 0 Å². The standard InChI is InChI=1S/C18H22N6S/c1-23-9-11-24(12-10-23)8-7-20-16-14-5-13-25-18(14)22-17(21-16)15-4-2-3-6-19-15/h2-6,13H,7-12H2,1H3,(H,20,21,22). The minimum atomic E-state index is 0.678. The van der Waals surface area contributed by atoms with E-state index < -0.39 is 0 Å². The molecule has 6 nitrogen and oxygen atoms in total. The van der Waals surface area contributed by atoms with Crippen LogP contribution in [0.3, 0.4) is 0 Å². The average Bonchev–Trinajstić information content (AvgIpc) is 3.13. The molecule has 0 amide bonds. The summed E-state index contributed by atoms with van der Waals surface area (Å²) in [6.07, 6.45) is 1.78. The van der Waals surface area contributed by atoms with Crippen LogP contribution >= 0.6 is 11.3 Å². The number of likely N-dealkylation sites (N-methyl/N-ethyl adjacent to an activating group) is 1. The Bertz CT molecular complexity index is 826. The van der Waals surface area contributed by atoms with Crippen molar-refractivity contribution in [3.8, 4) is 11.5 Å². The van der Waals surface area contributed by atoms with Gasteiger partial charge in [-0.3, -0.25) is 9.88 Å². The van der Waals surface area contributed by atoms with Crippen LogP contribution in [0.4, 0.5) is 5.82 Å². The zero-order chi connectivity index (χ0) is 17.1. The highest BCUT2D eigenvalue weighted by Crippen LogP contribution is 2.27. The summed E-state index contributed by atoms with van der Waals surface area (Å²) in [6, 6.07) is 7.90. The number of nitrogens with zero attached hydrogens (tertiary/aromatic N) is 5. The van der Waals surface area contributed by atoms with E-state index in [-0.39, 0.29) is 0 Å². The first-order valence-electron chi connectivity index (χ1n) is 8.61. The predicted molar refractivity (Wildman–Crippen MR) is 103 cm³/mol. The molecule has 3 aromatic rings. The van der Waals surface area contributed by atoms with Crippen molar-refractivity contribution in [2.24, 2.45) is 0 Å². The largest absolute Gasteiger partial charge is 0.368 e. The van der Waals surface area contributed by atoms with Crippen LogP contribution in [-0.4, -0.2) is 71.1 Å². The Hall–Kier alpha value is -2.09. The number of rotatable bonds is 5. The molecule has 25 heavy (non-hydrogen) atoms. The van der Waals surface area contributed by atoms with Gasteiger partial charge in [-0.25, -0.2) is 9.97 Å². The second-order valence-corrected chi connectivity index (χ2v) is 7.22. The molecule has 0 saturated carbocycles. The summed E-state index contributed by atoms with van der Waals surface area (Å²) in [5, 5.41) is 6.66. The van der Waals surface area contributed by atoms with Crippen LogP contribution in [0.15, 0.2) is 35.8 Å². The molecule has 7 heteroatoms. The van der Waals surface area contributed by atoms with Crippen LogP contribution in [0, 0.1) is 0 Å². The Morgan fingerprint density at radius 2 is 2.00 bits per heavy atom. The number of piperazine rings is 1. The predicted octanol–water partition coefficient (Wildman–Crippen LogP) is 2.41. The average molecular weight is 354 g/mol. The molecular formula is C18H22N6S. The Morgan fingerprint density at radius 3 is 2.80 bits per heavy atom. The molecule has 4 rings (SSSR count). The molecule has 1 aliphatic heterocycles. The van der Waals surface area contributed by atoms with Crippen molar-refractivity contribution in [3.63, 3.8) is 0 Å². The third-order valence-corrected chi connectivity index (χ3v) is 5.34. The maximum Gasteiger partial charge on any atom is 0.181 e. The summed E-state index contributed by atoms with van der Waals surface area (Å²) in [5.41, 5.74) is 0.805. The van der Waals surface area contributed by atoms with Crippen LogP contribution in [0.25, 0.3) is 21.7 Å². The van der Waals surface area contributed by atoms with Gasteiger partial charge in [0.25, 0.3) is 0 Å². The Labute approximate surface area is 151 Å². The van der Waals surface area contributed by atoms with Crippen molar-refractivity contribution >= 4 is 27.4 Å².